The van der Waals surface area contributed by atoms with Gasteiger partial charge in [0, 0.05) is 84.4 Å². The van der Waals surface area contributed by atoms with Gasteiger partial charge in [0.15, 0.2) is 5.96 Å². The highest BCUT2D eigenvalue weighted by Gasteiger charge is 2.21. The number of piperazine rings is 2. The molecule has 0 aliphatic carbocycles. The minimum Gasteiger partial charge on any atom is -0.357 e. The van der Waals surface area contributed by atoms with Crippen molar-refractivity contribution in [2.75, 3.05) is 76.9 Å². The first-order chi connectivity index (χ1) is 15.8. The number of halogens is 1. The van der Waals surface area contributed by atoms with Gasteiger partial charge in [-0.05, 0) is 18.6 Å². The fraction of sp³-hybridized carbons (Fsp3) is 0.542. The van der Waals surface area contributed by atoms with Crippen LogP contribution in [0.2, 0.25) is 0 Å². The van der Waals surface area contributed by atoms with E-state index in [1.807, 2.05) is 18.5 Å². The van der Waals surface area contributed by atoms with Crippen molar-refractivity contribution in [1.82, 2.24) is 30.0 Å². The van der Waals surface area contributed by atoms with Crippen LogP contribution in [0.3, 0.4) is 0 Å². The topological polar surface area (TPSA) is 63.1 Å². The highest BCUT2D eigenvalue weighted by molar-refractivity contribution is 14.0. The van der Waals surface area contributed by atoms with Crippen molar-refractivity contribution in [2.24, 2.45) is 4.99 Å². The van der Waals surface area contributed by atoms with Crippen LogP contribution < -0.4 is 10.2 Å². The van der Waals surface area contributed by atoms with Gasteiger partial charge in [-0.25, -0.2) is 9.97 Å². The van der Waals surface area contributed by atoms with Crippen LogP contribution in [0.1, 0.15) is 12.5 Å². The first-order valence-electron chi connectivity index (χ1n) is 11.9. The zero-order valence-corrected chi connectivity index (χ0v) is 22.0. The standard InChI is InChI=1S/C24H36N8.HI/c1-2-25-23(31-19-15-30(16-20-31)21-22-7-4-3-5-8-22)28-11-12-29-13-17-32(18-14-29)24-26-9-6-10-27-24;/h3-10H,2,11-21H2,1H3,(H,25,28);1H. The zero-order chi connectivity index (χ0) is 22.0. The summed E-state index contributed by atoms with van der Waals surface area (Å²) in [5.41, 5.74) is 1.39. The predicted octanol–water partition coefficient (Wildman–Crippen LogP) is 2.00. The molecular formula is C24H37IN8. The van der Waals surface area contributed by atoms with Crippen molar-refractivity contribution in [3.05, 3.63) is 54.4 Å². The largest absolute Gasteiger partial charge is 0.357 e. The van der Waals surface area contributed by atoms with E-state index < -0.39 is 0 Å². The molecule has 0 atom stereocenters. The van der Waals surface area contributed by atoms with E-state index in [0.29, 0.717) is 0 Å². The average Bonchev–Trinajstić information content (AvgIpc) is 2.86. The molecule has 0 unspecified atom stereocenters. The molecule has 2 aliphatic heterocycles. The zero-order valence-electron chi connectivity index (χ0n) is 19.6. The number of hydrogen-bond donors (Lipinski definition) is 1. The molecule has 180 valence electrons. The fourth-order valence-electron chi connectivity index (χ4n) is 4.31. The number of nitrogens with zero attached hydrogens (tertiary/aromatic N) is 7. The summed E-state index contributed by atoms with van der Waals surface area (Å²) >= 11 is 0. The molecule has 1 aromatic heterocycles. The molecule has 0 spiro atoms. The number of nitrogens with one attached hydrogen (secondary N) is 1. The molecule has 2 fully saturated rings. The summed E-state index contributed by atoms with van der Waals surface area (Å²) in [6.45, 7) is 14.1. The molecule has 1 N–H and O–H groups in total. The lowest BCUT2D eigenvalue weighted by atomic mass is 10.2. The number of guanidine groups is 1. The lowest BCUT2D eigenvalue weighted by Crippen LogP contribution is -2.52. The van der Waals surface area contributed by atoms with Crippen LogP contribution in [0.25, 0.3) is 0 Å². The molecule has 0 saturated carbocycles. The Morgan fingerprint density at radius 2 is 1.55 bits per heavy atom. The van der Waals surface area contributed by atoms with Gasteiger partial charge in [-0.15, -0.1) is 24.0 Å². The molecule has 0 bridgehead atoms. The second kappa shape index (κ2) is 13.7. The molecule has 0 amide bonds. The van der Waals surface area contributed by atoms with Crippen LogP contribution in [0.4, 0.5) is 5.95 Å². The Labute approximate surface area is 215 Å². The second-order valence-corrected chi connectivity index (χ2v) is 8.36. The minimum atomic E-state index is 0. The number of rotatable bonds is 7. The first-order valence-corrected chi connectivity index (χ1v) is 11.9. The smallest absolute Gasteiger partial charge is 0.225 e. The summed E-state index contributed by atoms with van der Waals surface area (Å²) in [5.74, 6) is 1.90. The van der Waals surface area contributed by atoms with Gasteiger partial charge in [0.2, 0.25) is 5.95 Å². The number of anilines is 1. The number of hydrogen-bond acceptors (Lipinski definition) is 6. The van der Waals surface area contributed by atoms with E-state index in [1.165, 1.54) is 5.56 Å². The molecule has 0 radical (unpaired) electrons. The van der Waals surface area contributed by atoms with Crippen molar-refractivity contribution in [3.63, 3.8) is 0 Å². The van der Waals surface area contributed by atoms with Gasteiger partial charge in [0.05, 0.1) is 6.54 Å². The van der Waals surface area contributed by atoms with Crippen LogP contribution in [-0.2, 0) is 6.54 Å². The van der Waals surface area contributed by atoms with Gasteiger partial charge in [-0.1, -0.05) is 30.3 Å². The average molecular weight is 565 g/mol. The van der Waals surface area contributed by atoms with E-state index >= 15 is 0 Å². The Bertz CT molecular complexity index is 819. The highest BCUT2D eigenvalue weighted by Crippen LogP contribution is 2.10. The van der Waals surface area contributed by atoms with Crippen molar-refractivity contribution in [3.8, 4) is 0 Å². The van der Waals surface area contributed by atoms with Gasteiger partial charge in [-0.3, -0.25) is 14.8 Å². The Balaban J connectivity index is 0.00000306. The summed E-state index contributed by atoms with van der Waals surface area (Å²) in [4.78, 5) is 23.4. The van der Waals surface area contributed by atoms with Gasteiger partial charge in [0.25, 0.3) is 0 Å². The predicted molar refractivity (Wildman–Crippen MR) is 145 cm³/mol. The van der Waals surface area contributed by atoms with E-state index in [1.54, 1.807) is 0 Å². The fourth-order valence-corrected chi connectivity index (χ4v) is 4.31. The maximum absolute atomic E-state index is 4.95. The van der Waals surface area contributed by atoms with Crippen LogP contribution in [0, 0.1) is 0 Å². The van der Waals surface area contributed by atoms with E-state index in [9.17, 15) is 0 Å². The SMILES string of the molecule is CCNC(=NCCN1CCN(c2ncccn2)CC1)N1CCN(Cc2ccccc2)CC1.I. The summed E-state index contributed by atoms with van der Waals surface area (Å²) in [6.07, 6.45) is 3.63. The van der Waals surface area contributed by atoms with Crippen molar-refractivity contribution < 1.29 is 0 Å². The van der Waals surface area contributed by atoms with Crippen LogP contribution >= 0.6 is 24.0 Å². The molecule has 8 nitrogen and oxygen atoms in total. The van der Waals surface area contributed by atoms with Crippen molar-refractivity contribution in [2.45, 2.75) is 13.5 Å². The molecule has 33 heavy (non-hydrogen) atoms. The summed E-state index contributed by atoms with van der Waals surface area (Å²) < 4.78 is 0. The maximum Gasteiger partial charge on any atom is 0.225 e. The Hall–Kier alpha value is -1.98. The van der Waals surface area contributed by atoms with Crippen LogP contribution in [0.5, 0.6) is 0 Å². The lowest BCUT2D eigenvalue weighted by molar-refractivity contribution is 0.172. The van der Waals surface area contributed by atoms with E-state index in [4.69, 9.17) is 4.99 Å². The molecule has 1 aromatic carbocycles. The minimum absolute atomic E-state index is 0. The summed E-state index contributed by atoms with van der Waals surface area (Å²) in [5, 5.41) is 3.50. The molecule has 2 aromatic rings. The number of aromatic nitrogens is 2. The monoisotopic (exact) mass is 564 g/mol. The lowest BCUT2D eigenvalue weighted by Gasteiger charge is -2.37. The Morgan fingerprint density at radius 3 is 2.21 bits per heavy atom. The molecule has 2 aliphatic rings. The molecule has 3 heterocycles. The molecule has 2 saturated heterocycles. The van der Waals surface area contributed by atoms with Gasteiger partial charge in [0.1, 0.15) is 0 Å². The molecular weight excluding hydrogens is 527 g/mol. The van der Waals surface area contributed by atoms with Crippen molar-refractivity contribution >= 4 is 35.9 Å². The first kappa shape index (κ1) is 25.6. The number of aliphatic imine (C=N–C) groups is 1. The summed E-state index contributed by atoms with van der Waals surface area (Å²) in [6, 6.07) is 12.6. The normalized spacial score (nSPS) is 18.2. The van der Waals surface area contributed by atoms with Crippen LogP contribution in [0.15, 0.2) is 53.8 Å². The molecule has 9 heteroatoms. The highest BCUT2D eigenvalue weighted by atomic mass is 127. The third-order valence-electron chi connectivity index (χ3n) is 6.14. The van der Waals surface area contributed by atoms with Crippen molar-refractivity contribution in [1.29, 1.82) is 0 Å². The molecule has 4 rings (SSSR count). The third-order valence-corrected chi connectivity index (χ3v) is 6.14. The van der Waals surface area contributed by atoms with Crippen LogP contribution in [-0.4, -0.2) is 103 Å². The van der Waals surface area contributed by atoms with E-state index in [0.717, 1.165) is 90.4 Å². The van der Waals surface area contributed by atoms with E-state index in [-0.39, 0.29) is 24.0 Å². The maximum atomic E-state index is 4.95. The quantitative estimate of drug-likeness (QED) is 0.314. The van der Waals surface area contributed by atoms with Gasteiger partial charge < -0.3 is 15.1 Å². The summed E-state index contributed by atoms with van der Waals surface area (Å²) in [7, 11) is 0. The Kier molecular flexibility index (Phi) is 10.6. The van der Waals surface area contributed by atoms with Gasteiger partial charge >= 0.3 is 0 Å². The third kappa shape index (κ3) is 7.79. The Morgan fingerprint density at radius 1 is 0.879 bits per heavy atom. The van der Waals surface area contributed by atoms with E-state index in [2.05, 4.69) is 72.1 Å². The second-order valence-electron chi connectivity index (χ2n) is 8.36. The number of benzene rings is 1. The van der Waals surface area contributed by atoms with Gasteiger partial charge in [-0.2, -0.15) is 0 Å².